The summed E-state index contributed by atoms with van der Waals surface area (Å²) < 4.78 is 32.0. The highest BCUT2D eigenvalue weighted by Gasteiger charge is 2.20. The molecule has 1 N–H and O–H groups in total. The number of rotatable bonds is 6. The van der Waals surface area contributed by atoms with Crippen LogP contribution in [-0.2, 0) is 10.0 Å². The van der Waals surface area contributed by atoms with Gasteiger partial charge in [0.15, 0.2) is 11.5 Å². The van der Waals surface area contributed by atoms with Crippen molar-refractivity contribution in [3.05, 3.63) is 65.9 Å². The van der Waals surface area contributed by atoms with Gasteiger partial charge in [0.2, 0.25) is 5.09 Å². The maximum Gasteiger partial charge on any atom is 0.295 e. The lowest BCUT2D eigenvalue weighted by Crippen LogP contribution is -2.12. The fourth-order valence-electron chi connectivity index (χ4n) is 2.03. The average Bonchev–Trinajstić information content (AvgIpc) is 3.05. The standard InChI is InChI=1S/C18H19NO4S/c1-5-12(2)13(3)15-6-8-16(9-7-15)19-24(21,22)18-11-10-17(23-18)14(4)20/h5-11,19H,1H2,2-4H3/b13-12+. The summed E-state index contributed by atoms with van der Waals surface area (Å²) in [5, 5.41) is -0.296. The average molecular weight is 345 g/mol. The molecule has 0 spiro atoms. The minimum atomic E-state index is -3.88. The molecule has 0 radical (unpaired) electrons. The Morgan fingerprint density at radius 2 is 1.71 bits per heavy atom. The number of carbonyl (C=O) groups excluding carboxylic acids is 1. The molecule has 1 aromatic carbocycles. The molecule has 0 atom stereocenters. The highest BCUT2D eigenvalue weighted by Crippen LogP contribution is 2.23. The summed E-state index contributed by atoms with van der Waals surface area (Å²) in [6, 6.07) is 9.58. The quantitative estimate of drug-likeness (QED) is 0.627. The minimum absolute atomic E-state index is 0.00591. The van der Waals surface area contributed by atoms with E-state index < -0.39 is 10.0 Å². The number of hydrogen-bond donors (Lipinski definition) is 1. The van der Waals surface area contributed by atoms with Crippen molar-refractivity contribution in [2.75, 3.05) is 4.72 Å². The van der Waals surface area contributed by atoms with Crippen molar-refractivity contribution < 1.29 is 17.6 Å². The number of furan rings is 1. The van der Waals surface area contributed by atoms with Crippen LogP contribution in [0.1, 0.15) is 36.9 Å². The molecule has 6 heteroatoms. The highest BCUT2D eigenvalue weighted by molar-refractivity contribution is 7.92. The Labute approximate surface area is 141 Å². The normalized spacial score (nSPS) is 12.5. The van der Waals surface area contributed by atoms with Gasteiger partial charge in [-0.1, -0.05) is 24.8 Å². The molecule has 0 aliphatic rings. The van der Waals surface area contributed by atoms with Crippen LogP contribution in [0.2, 0.25) is 0 Å². The second-order valence-corrected chi connectivity index (χ2v) is 6.98. The molecular formula is C18H19NO4S. The third kappa shape index (κ3) is 3.83. The molecule has 0 amide bonds. The summed E-state index contributed by atoms with van der Waals surface area (Å²) in [5.74, 6) is -0.327. The summed E-state index contributed by atoms with van der Waals surface area (Å²) in [7, 11) is -3.88. The number of allylic oxidation sites excluding steroid dienone is 3. The van der Waals surface area contributed by atoms with Gasteiger partial charge in [-0.05, 0) is 54.8 Å². The molecule has 0 fully saturated rings. The van der Waals surface area contributed by atoms with Gasteiger partial charge in [-0.2, -0.15) is 8.42 Å². The van der Waals surface area contributed by atoms with Crippen LogP contribution < -0.4 is 4.72 Å². The third-order valence-electron chi connectivity index (χ3n) is 3.66. The second-order valence-electron chi connectivity index (χ2n) is 5.37. The number of hydrogen-bond acceptors (Lipinski definition) is 4. The maximum atomic E-state index is 12.3. The van der Waals surface area contributed by atoms with Gasteiger partial charge in [-0.3, -0.25) is 9.52 Å². The van der Waals surface area contributed by atoms with Crippen LogP contribution in [0, 0.1) is 0 Å². The molecule has 126 valence electrons. The second kappa shape index (κ2) is 6.88. The summed E-state index contributed by atoms with van der Waals surface area (Å²) in [5.41, 5.74) is 3.50. The highest BCUT2D eigenvalue weighted by atomic mass is 32.2. The maximum absolute atomic E-state index is 12.3. The van der Waals surface area contributed by atoms with Gasteiger partial charge >= 0.3 is 0 Å². The molecule has 0 saturated carbocycles. The number of nitrogens with one attached hydrogen (secondary N) is 1. The Bertz CT molecular complexity index is 903. The Morgan fingerprint density at radius 1 is 1.08 bits per heavy atom. The van der Waals surface area contributed by atoms with Gasteiger partial charge in [-0.25, -0.2) is 0 Å². The minimum Gasteiger partial charge on any atom is -0.440 e. The number of Topliss-reactive ketones (excluding diaryl/α,β-unsaturated/α-hetero) is 1. The first-order valence-corrected chi connectivity index (χ1v) is 8.77. The van der Waals surface area contributed by atoms with Crippen molar-refractivity contribution >= 4 is 27.1 Å². The van der Waals surface area contributed by atoms with Crippen LogP contribution in [-0.4, -0.2) is 14.2 Å². The predicted molar refractivity (Wildman–Crippen MR) is 94.4 cm³/mol. The van der Waals surface area contributed by atoms with Crippen molar-refractivity contribution in [2.24, 2.45) is 0 Å². The lowest BCUT2D eigenvalue weighted by Gasteiger charge is -2.08. The van der Waals surface area contributed by atoms with Crippen LogP contribution in [0.15, 0.2) is 64.1 Å². The fourth-order valence-corrected chi connectivity index (χ4v) is 3.02. The molecular weight excluding hydrogens is 326 g/mol. The molecule has 1 heterocycles. The molecule has 2 rings (SSSR count). The van der Waals surface area contributed by atoms with Gasteiger partial charge in [0.05, 0.1) is 0 Å². The van der Waals surface area contributed by atoms with E-state index in [0.717, 1.165) is 16.7 Å². The first-order chi connectivity index (χ1) is 11.2. The number of sulfonamides is 1. The largest absolute Gasteiger partial charge is 0.440 e. The number of anilines is 1. The van der Waals surface area contributed by atoms with Gasteiger partial charge in [-0.15, -0.1) is 0 Å². The molecule has 0 aliphatic heterocycles. The first-order valence-electron chi connectivity index (χ1n) is 7.28. The van der Waals surface area contributed by atoms with Gasteiger partial charge in [0, 0.05) is 12.6 Å². The Hall–Kier alpha value is -2.60. The molecule has 0 bridgehead atoms. The van der Waals surface area contributed by atoms with Crippen LogP contribution in [0.25, 0.3) is 5.57 Å². The Morgan fingerprint density at radius 3 is 2.21 bits per heavy atom. The summed E-state index contributed by atoms with van der Waals surface area (Å²) in [4.78, 5) is 11.2. The monoisotopic (exact) mass is 345 g/mol. The van der Waals surface area contributed by atoms with E-state index >= 15 is 0 Å². The Kier molecular flexibility index (Phi) is 5.09. The molecule has 24 heavy (non-hydrogen) atoms. The van der Waals surface area contributed by atoms with E-state index in [9.17, 15) is 13.2 Å². The Balaban J connectivity index is 2.24. The fraction of sp³-hybridized carbons (Fsp3) is 0.167. The summed E-state index contributed by atoms with van der Waals surface area (Å²) in [6.45, 7) is 8.98. The van der Waals surface area contributed by atoms with Crippen LogP contribution in [0.4, 0.5) is 5.69 Å². The molecule has 2 aromatic rings. The van der Waals surface area contributed by atoms with Crippen molar-refractivity contribution in [1.29, 1.82) is 0 Å². The van der Waals surface area contributed by atoms with Crippen molar-refractivity contribution in [1.82, 2.24) is 0 Å². The zero-order valence-electron chi connectivity index (χ0n) is 13.8. The molecule has 0 saturated heterocycles. The van der Waals surface area contributed by atoms with Crippen molar-refractivity contribution in [2.45, 2.75) is 25.9 Å². The summed E-state index contributed by atoms with van der Waals surface area (Å²) >= 11 is 0. The number of benzene rings is 1. The van der Waals surface area contributed by atoms with Gasteiger partial charge < -0.3 is 4.42 Å². The van der Waals surface area contributed by atoms with Crippen LogP contribution >= 0.6 is 0 Å². The van der Waals surface area contributed by atoms with E-state index in [1.807, 2.05) is 26.0 Å². The van der Waals surface area contributed by atoms with E-state index in [4.69, 9.17) is 4.42 Å². The van der Waals surface area contributed by atoms with Crippen LogP contribution in [0.3, 0.4) is 0 Å². The lowest BCUT2D eigenvalue weighted by molar-refractivity contribution is 0.0982. The zero-order valence-corrected chi connectivity index (χ0v) is 14.6. The van der Waals surface area contributed by atoms with E-state index in [1.54, 1.807) is 18.2 Å². The van der Waals surface area contributed by atoms with Crippen molar-refractivity contribution in [3.63, 3.8) is 0 Å². The van der Waals surface area contributed by atoms with Gasteiger partial charge in [0.1, 0.15) is 0 Å². The van der Waals surface area contributed by atoms with E-state index in [-0.39, 0.29) is 16.6 Å². The topological polar surface area (TPSA) is 76.4 Å². The molecule has 0 aliphatic carbocycles. The van der Waals surface area contributed by atoms with E-state index in [1.165, 1.54) is 19.1 Å². The first kappa shape index (κ1) is 17.7. The lowest BCUT2D eigenvalue weighted by atomic mass is 10.0. The predicted octanol–water partition coefficient (Wildman–Crippen LogP) is 4.26. The molecule has 0 unspecified atom stereocenters. The molecule has 1 aromatic heterocycles. The zero-order chi connectivity index (χ0) is 17.9. The molecule has 5 nitrogen and oxygen atoms in total. The van der Waals surface area contributed by atoms with Gasteiger partial charge in [0.25, 0.3) is 10.0 Å². The third-order valence-corrected chi connectivity index (χ3v) is 4.91. The SMILES string of the molecule is C=C/C(C)=C(\C)c1ccc(NS(=O)(=O)c2ccc(C(C)=O)o2)cc1. The van der Waals surface area contributed by atoms with Crippen LogP contribution in [0.5, 0.6) is 0 Å². The summed E-state index contributed by atoms with van der Waals surface area (Å²) in [6.07, 6.45) is 1.77. The van der Waals surface area contributed by atoms with E-state index in [2.05, 4.69) is 11.3 Å². The number of ketones is 1. The van der Waals surface area contributed by atoms with E-state index in [0.29, 0.717) is 5.69 Å². The smallest absolute Gasteiger partial charge is 0.295 e. The van der Waals surface area contributed by atoms with Crippen molar-refractivity contribution in [3.8, 4) is 0 Å². The number of carbonyl (C=O) groups is 1.